The zero-order valence-corrected chi connectivity index (χ0v) is 10.7. The van der Waals surface area contributed by atoms with Crippen molar-refractivity contribution in [3.63, 3.8) is 0 Å². The third-order valence-corrected chi connectivity index (χ3v) is 2.88. The number of rotatable bonds is 8. The van der Waals surface area contributed by atoms with Crippen molar-refractivity contribution < 1.29 is 9.13 Å². The summed E-state index contributed by atoms with van der Waals surface area (Å²) in [6, 6.07) is 7.29. The van der Waals surface area contributed by atoms with Gasteiger partial charge in [0.05, 0.1) is 13.2 Å². The van der Waals surface area contributed by atoms with Gasteiger partial charge in [-0.25, -0.2) is 4.39 Å². The molecule has 0 aliphatic rings. The lowest BCUT2D eigenvalue weighted by Crippen LogP contribution is -2.30. The summed E-state index contributed by atoms with van der Waals surface area (Å²) in [5.74, 6) is -0.194. The van der Waals surface area contributed by atoms with Crippen molar-refractivity contribution in [2.24, 2.45) is 0 Å². The molecule has 0 saturated carbocycles. The Hall–Kier alpha value is -0.930. The minimum absolute atomic E-state index is 0.194. The van der Waals surface area contributed by atoms with Crippen molar-refractivity contribution in [1.29, 1.82) is 0 Å². The van der Waals surface area contributed by atoms with Crippen LogP contribution in [-0.4, -0.2) is 19.2 Å². The molecule has 1 aromatic carbocycles. The van der Waals surface area contributed by atoms with Gasteiger partial charge >= 0.3 is 0 Å². The molecule has 3 heteroatoms. The fourth-order valence-corrected chi connectivity index (χ4v) is 1.71. The van der Waals surface area contributed by atoms with Crippen LogP contribution in [0.4, 0.5) is 4.39 Å². The third-order valence-electron chi connectivity index (χ3n) is 2.88. The number of ether oxygens (including phenoxy) is 1. The van der Waals surface area contributed by atoms with E-state index in [1.54, 1.807) is 12.1 Å². The van der Waals surface area contributed by atoms with Gasteiger partial charge in [-0.3, -0.25) is 0 Å². The van der Waals surface area contributed by atoms with Crippen molar-refractivity contribution in [3.8, 4) is 0 Å². The Morgan fingerprint density at radius 3 is 2.59 bits per heavy atom. The van der Waals surface area contributed by atoms with E-state index in [4.69, 9.17) is 4.74 Å². The van der Waals surface area contributed by atoms with Crippen molar-refractivity contribution in [3.05, 3.63) is 35.6 Å². The SMILES string of the molecule is CCC(CC)NCCOCc1ccccc1F. The zero-order valence-electron chi connectivity index (χ0n) is 10.7. The molecule has 2 nitrogen and oxygen atoms in total. The Balaban J connectivity index is 2.14. The molecule has 0 aliphatic carbocycles. The Morgan fingerprint density at radius 2 is 1.94 bits per heavy atom. The van der Waals surface area contributed by atoms with E-state index < -0.39 is 0 Å². The number of benzene rings is 1. The van der Waals surface area contributed by atoms with Gasteiger partial charge in [0.2, 0.25) is 0 Å². The van der Waals surface area contributed by atoms with Crippen LogP contribution in [-0.2, 0) is 11.3 Å². The van der Waals surface area contributed by atoms with Crippen molar-refractivity contribution >= 4 is 0 Å². The van der Waals surface area contributed by atoms with Gasteiger partial charge in [0.1, 0.15) is 5.82 Å². The first kappa shape index (κ1) is 14.1. The first-order valence-corrected chi connectivity index (χ1v) is 6.32. The summed E-state index contributed by atoms with van der Waals surface area (Å²) in [6.45, 7) is 6.12. The molecule has 1 aromatic rings. The lowest BCUT2D eigenvalue weighted by molar-refractivity contribution is 0.118. The monoisotopic (exact) mass is 239 g/mol. The highest BCUT2D eigenvalue weighted by atomic mass is 19.1. The normalized spacial score (nSPS) is 11.1. The van der Waals surface area contributed by atoms with E-state index in [2.05, 4.69) is 19.2 Å². The van der Waals surface area contributed by atoms with Crippen LogP contribution in [0.2, 0.25) is 0 Å². The van der Waals surface area contributed by atoms with Crippen molar-refractivity contribution in [1.82, 2.24) is 5.32 Å². The van der Waals surface area contributed by atoms with Crippen molar-refractivity contribution in [2.75, 3.05) is 13.2 Å². The average molecular weight is 239 g/mol. The fraction of sp³-hybridized carbons (Fsp3) is 0.571. The highest BCUT2D eigenvalue weighted by Gasteiger charge is 2.02. The second-order valence-electron chi connectivity index (χ2n) is 4.11. The lowest BCUT2D eigenvalue weighted by Gasteiger charge is -2.14. The van der Waals surface area contributed by atoms with Crippen molar-refractivity contribution in [2.45, 2.75) is 39.3 Å². The molecule has 0 unspecified atom stereocenters. The van der Waals surface area contributed by atoms with Crippen LogP contribution in [0.3, 0.4) is 0 Å². The van der Waals surface area contributed by atoms with Crippen LogP contribution < -0.4 is 5.32 Å². The molecule has 0 fully saturated rings. The maximum Gasteiger partial charge on any atom is 0.128 e. The van der Waals surface area contributed by atoms with Gasteiger partial charge in [-0.05, 0) is 18.9 Å². The predicted octanol–water partition coefficient (Wildman–Crippen LogP) is 3.12. The van der Waals surface area contributed by atoms with Gasteiger partial charge in [-0.2, -0.15) is 0 Å². The molecule has 0 radical (unpaired) electrons. The van der Waals surface area contributed by atoms with Gasteiger partial charge < -0.3 is 10.1 Å². The van der Waals surface area contributed by atoms with Gasteiger partial charge in [0, 0.05) is 18.2 Å². The van der Waals surface area contributed by atoms with E-state index in [-0.39, 0.29) is 5.82 Å². The van der Waals surface area contributed by atoms with Gasteiger partial charge in [0.15, 0.2) is 0 Å². The van der Waals surface area contributed by atoms with Crippen LogP contribution in [0.5, 0.6) is 0 Å². The molecule has 0 atom stereocenters. The number of halogens is 1. The molecule has 0 aromatic heterocycles. The second-order valence-corrected chi connectivity index (χ2v) is 4.11. The molecule has 0 bridgehead atoms. The molecule has 1 N–H and O–H groups in total. The Labute approximate surface area is 103 Å². The number of hydrogen-bond acceptors (Lipinski definition) is 2. The molecule has 17 heavy (non-hydrogen) atoms. The molecule has 0 heterocycles. The quantitative estimate of drug-likeness (QED) is 0.704. The van der Waals surface area contributed by atoms with E-state index in [0.29, 0.717) is 24.8 Å². The summed E-state index contributed by atoms with van der Waals surface area (Å²) in [7, 11) is 0. The van der Waals surface area contributed by atoms with E-state index in [9.17, 15) is 4.39 Å². The molecular formula is C14H22FNO. The summed E-state index contributed by atoms with van der Waals surface area (Å²) in [5, 5.41) is 3.40. The maximum absolute atomic E-state index is 13.2. The summed E-state index contributed by atoms with van der Waals surface area (Å²) in [6.07, 6.45) is 2.26. The van der Waals surface area contributed by atoms with Crippen LogP contribution in [0.25, 0.3) is 0 Å². The van der Waals surface area contributed by atoms with E-state index >= 15 is 0 Å². The molecule has 0 amide bonds. The molecule has 0 spiro atoms. The maximum atomic E-state index is 13.2. The van der Waals surface area contributed by atoms with Crippen LogP contribution >= 0.6 is 0 Å². The van der Waals surface area contributed by atoms with Gasteiger partial charge in [-0.1, -0.05) is 32.0 Å². The van der Waals surface area contributed by atoms with E-state index in [1.165, 1.54) is 6.07 Å². The van der Waals surface area contributed by atoms with Crippen LogP contribution in [0.1, 0.15) is 32.3 Å². The Kier molecular flexibility index (Phi) is 6.82. The largest absolute Gasteiger partial charge is 0.375 e. The minimum atomic E-state index is -0.194. The van der Waals surface area contributed by atoms with E-state index in [1.807, 2.05) is 6.07 Å². The summed E-state index contributed by atoms with van der Waals surface area (Å²) in [4.78, 5) is 0. The topological polar surface area (TPSA) is 21.3 Å². The molecular weight excluding hydrogens is 217 g/mol. The summed E-state index contributed by atoms with van der Waals surface area (Å²) >= 11 is 0. The highest BCUT2D eigenvalue weighted by Crippen LogP contribution is 2.07. The smallest absolute Gasteiger partial charge is 0.128 e. The molecule has 0 aliphatic heterocycles. The molecule has 96 valence electrons. The number of hydrogen-bond donors (Lipinski definition) is 1. The van der Waals surface area contributed by atoms with Gasteiger partial charge in [0.25, 0.3) is 0 Å². The second kappa shape index (κ2) is 8.20. The van der Waals surface area contributed by atoms with Crippen LogP contribution in [0, 0.1) is 5.82 Å². The third kappa shape index (κ3) is 5.29. The first-order valence-electron chi connectivity index (χ1n) is 6.32. The number of nitrogens with one attached hydrogen (secondary N) is 1. The zero-order chi connectivity index (χ0) is 12.5. The summed E-state index contributed by atoms with van der Waals surface area (Å²) in [5.41, 5.74) is 0.620. The average Bonchev–Trinajstić information content (AvgIpc) is 2.36. The fourth-order valence-electron chi connectivity index (χ4n) is 1.71. The molecule has 1 rings (SSSR count). The summed E-state index contributed by atoms with van der Waals surface area (Å²) < 4.78 is 18.7. The van der Waals surface area contributed by atoms with E-state index in [0.717, 1.165) is 19.4 Å². The Morgan fingerprint density at radius 1 is 1.24 bits per heavy atom. The first-order chi connectivity index (χ1) is 8.27. The minimum Gasteiger partial charge on any atom is -0.375 e. The van der Waals surface area contributed by atoms with Crippen LogP contribution in [0.15, 0.2) is 24.3 Å². The predicted molar refractivity (Wildman–Crippen MR) is 68.4 cm³/mol. The van der Waals surface area contributed by atoms with Gasteiger partial charge in [-0.15, -0.1) is 0 Å². The lowest BCUT2D eigenvalue weighted by atomic mass is 10.2. The standard InChI is InChI=1S/C14H22FNO/c1-3-13(4-2)16-9-10-17-11-12-7-5-6-8-14(12)15/h5-8,13,16H,3-4,9-11H2,1-2H3. The highest BCUT2D eigenvalue weighted by molar-refractivity contribution is 5.16. The molecule has 0 saturated heterocycles. The Bertz CT molecular complexity index is 313.